The highest BCUT2D eigenvalue weighted by molar-refractivity contribution is 6.36. The highest BCUT2D eigenvalue weighted by Gasteiger charge is 2.36. The predicted molar refractivity (Wildman–Crippen MR) is 92.3 cm³/mol. The Morgan fingerprint density at radius 3 is 2.61 bits per heavy atom. The molecule has 2 N–H and O–H groups in total. The van der Waals surface area contributed by atoms with Crippen molar-refractivity contribution in [3.8, 4) is 23.1 Å². The number of aromatic nitrogens is 1. The lowest BCUT2D eigenvalue weighted by molar-refractivity contribution is -0.386. The lowest BCUT2D eigenvalue weighted by Crippen LogP contribution is -2.17. The van der Waals surface area contributed by atoms with Crippen LogP contribution in [0, 0.1) is 10.1 Å². The number of nitro groups is 1. The van der Waals surface area contributed by atoms with Crippen LogP contribution in [-0.4, -0.2) is 34.3 Å². The van der Waals surface area contributed by atoms with Crippen LogP contribution in [0.2, 0.25) is 10.2 Å². The van der Waals surface area contributed by atoms with E-state index < -0.39 is 28.4 Å². The predicted octanol–water partition coefficient (Wildman–Crippen LogP) is 3.04. The average Bonchev–Trinajstić information content (AvgIpc) is 3.14. The molecule has 1 unspecified atom stereocenters. The van der Waals surface area contributed by atoms with E-state index >= 15 is 0 Å². The second-order valence-corrected chi connectivity index (χ2v) is 5.87. The maximum absolute atomic E-state index is 11.0. The quantitative estimate of drug-likeness (QED) is 0.234. The molecule has 0 saturated carbocycles. The van der Waals surface area contributed by atoms with Crippen LogP contribution >= 0.6 is 23.2 Å². The van der Waals surface area contributed by atoms with Crippen LogP contribution in [0.5, 0.6) is 23.1 Å². The largest absolute Gasteiger partial charge is 0.504 e. The Morgan fingerprint density at radius 2 is 2.00 bits per heavy atom. The average molecular weight is 436 g/mol. The fourth-order valence-corrected chi connectivity index (χ4v) is 2.79. The van der Waals surface area contributed by atoms with Crippen LogP contribution in [0.1, 0.15) is 11.9 Å². The van der Waals surface area contributed by atoms with Gasteiger partial charge in [-0.3, -0.25) is 10.1 Å². The summed E-state index contributed by atoms with van der Waals surface area (Å²) < 4.78 is 10.2. The van der Waals surface area contributed by atoms with E-state index in [2.05, 4.69) is 4.98 Å². The Bertz CT molecular complexity index is 943. The summed E-state index contributed by atoms with van der Waals surface area (Å²) in [4.78, 5) is 29.3. The lowest BCUT2D eigenvalue weighted by Gasteiger charge is -2.18. The zero-order chi connectivity index (χ0) is 20.6. The van der Waals surface area contributed by atoms with Gasteiger partial charge in [-0.25, -0.2) is 4.84 Å². The third-order valence-corrected chi connectivity index (χ3v) is 4.12. The summed E-state index contributed by atoms with van der Waals surface area (Å²) in [5.74, 6) is -1.68. The third kappa shape index (κ3) is 3.39. The topological polar surface area (TPSA) is 146 Å². The van der Waals surface area contributed by atoms with Gasteiger partial charge in [0.15, 0.2) is 22.3 Å². The van der Waals surface area contributed by atoms with E-state index in [0.717, 1.165) is 12.1 Å². The van der Waals surface area contributed by atoms with Crippen LogP contribution in [0.4, 0.5) is 11.4 Å². The van der Waals surface area contributed by atoms with Gasteiger partial charge in [0.1, 0.15) is 5.02 Å². The highest BCUT2D eigenvalue weighted by Crippen LogP contribution is 2.47. The molecule has 2 aromatic rings. The summed E-state index contributed by atoms with van der Waals surface area (Å²) in [7, 11) is 2.63. The monoisotopic (exact) mass is 435 g/mol. The van der Waals surface area contributed by atoms with Crippen molar-refractivity contribution in [2.24, 2.45) is 0 Å². The van der Waals surface area contributed by atoms with Crippen molar-refractivity contribution in [1.82, 2.24) is 4.98 Å². The Balaban J connectivity index is 1.95. The smallest absolute Gasteiger partial charge is 0.315 e. The Hall–Kier alpha value is -2.77. The van der Waals surface area contributed by atoms with Gasteiger partial charge in [0, 0.05) is 11.6 Å². The molecule has 1 aromatic carbocycles. The molecule has 12 nitrogen and oxygen atoms in total. The van der Waals surface area contributed by atoms with Crippen molar-refractivity contribution in [2.45, 2.75) is 6.29 Å². The van der Waals surface area contributed by atoms with E-state index in [-0.39, 0.29) is 33.1 Å². The minimum Gasteiger partial charge on any atom is -0.504 e. The first-order chi connectivity index (χ1) is 13.3. The van der Waals surface area contributed by atoms with E-state index in [9.17, 15) is 20.3 Å². The number of hydrogen-bond acceptors (Lipinski definition) is 11. The molecule has 1 aromatic heterocycles. The number of benzene rings is 1. The van der Waals surface area contributed by atoms with Crippen LogP contribution in [0.15, 0.2) is 12.1 Å². The molecular weight excluding hydrogens is 425 g/mol. The molecule has 1 aliphatic rings. The number of aromatic hydroxyl groups is 2. The van der Waals surface area contributed by atoms with Gasteiger partial charge in [-0.05, 0) is 6.07 Å². The normalized spacial score (nSPS) is 16.3. The van der Waals surface area contributed by atoms with E-state index in [4.69, 9.17) is 47.4 Å². The third-order valence-electron chi connectivity index (χ3n) is 3.53. The number of nitro benzene ring substituents is 1. The highest BCUT2D eigenvalue weighted by atomic mass is 35.5. The number of nitrogens with zero attached hydrogens (tertiary/aromatic N) is 3. The Labute approximate surface area is 166 Å². The molecular formula is C14H11Cl2N3O9. The summed E-state index contributed by atoms with van der Waals surface area (Å²) in [6.07, 6.45) is -1.37. The standard InChI is InChI=1S/C14H11Cl2N3O9/c1-24-11-8(15)13(25-2)17-12(16)9(11)19-26-14(27-28-19)5-3-6(18(22)23)10(21)7(20)4-5/h3-4,14,20-21H,1-2H3. The summed E-state index contributed by atoms with van der Waals surface area (Å²) in [5, 5.41) is 30.7. The van der Waals surface area contributed by atoms with Crippen LogP contribution in [-0.2, 0) is 14.7 Å². The van der Waals surface area contributed by atoms with Crippen LogP contribution in [0.25, 0.3) is 0 Å². The van der Waals surface area contributed by atoms with Crippen LogP contribution in [0.3, 0.4) is 0 Å². The SMILES string of the molecule is COc1nc(Cl)c(N2OOC(c3cc(O)c(O)c([N+](=O)[O-])c3)O2)c(OC)c1Cl. The number of ether oxygens (including phenoxy) is 2. The summed E-state index contributed by atoms with van der Waals surface area (Å²) in [5.41, 5.74) is -0.868. The molecule has 28 heavy (non-hydrogen) atoms. The van der Waals surface area contributed by atoms with E-state index in [1.165, 1.54) is 14.2 Å². The molecule has 0 bridgehead atoms. The molecule has 1 atom stereocenters. The second kappa shape index (κ2) is 7.69. The van der Waals surface area contributed by atoms with Crippen molar-refractivity contribution in [3.05, 3.63) is 38.0 Å². The van der Waals surface area contributed by atoms with E-state index in [0.29, 0.717) is 5.23 Å². The van der Waals surface area contributed by atoms with Crippen molar-refractivity contribution in [3.63, 3.8) is 0 Å². The fraction of sp³-hybridized carbons (Fsp3) is 0.214. The number of phenolic OH excluding ortho intramolecular Hbond substituents is 2. The first-order valence-electron chi connectivity index (χ1n) is 7.26. The number of pyridine rings is 1. The first kappa shape index (κ1) is 20.0. The summed E-state index contributed by atoms with van der Waals surface area (Å²) in [6, 6.07) is 1.93. The maximum Gasteiger partial charge on any atom is 0.315 e. The van der Waals surface area contributed by atoms with Crippen molar-refractivity contribution < 1.29 is 39.3 Å². The molecule has 14 heteroatoms. The number of hydrogen-bond donors (Lipinski definition) is 2. The van der Waals surface area contributed by atoms with Gasteiger partial charge in [-0.2, -0.15) is 9.87 Å². The molecule has 3 rings (SSSR count). The minimum atomic E-state index is -1.37. The first-order valence-corrected chi connectivity index (χ1v) is 8.01. The van der Waals surface area contributed by atoms with Gasteiger partial charge in [0.2, 0.25) is 17.9 Å². The van der Waals surface area contributed by atoms with Gasteiger partial charge < -0.3 is 19.7 Å². The van der Waals surface area contributed by atoms with Gasteiger partial charge >= 0.3 is 5.69 Å². The molecule has 0 radical (unpaired) electrons. The van der Waals surface area contributed by atoms with E-state index in [1.807, 2.05) is 0 Å². The maximum atomic E-state index is 11.0. The fourth-order valence-electron chi connectivity index (χ4n) is 2.27. The molecule has 0 aliphatic carbocycles. The molecule has 150 valence electrons. The second-order valence-electron chi connectivity index (χ2n) is 5.14. The Morgan fingerprint density at radius 1 is 1.29 bits per heavy atom. The zero-order valence-corrected chi connectivity index (χ0v) is 15.6. The van der Waals surface area contributed by atoms with Gasteiger partial charge in [0.05, 0.1) is 19.1 Å². The number of methoxy groups -OCH3 is 2. The molecule has 0 spiro atoms. The summed E-state index contributed by atoms with van der Waals surface area (Å²) in [6.45, 7) is 0. The number of halogens is 2. The molecule has 0 amide bonds. The van der Waals surface area contributed by atoms with Gasteiger partial charge in [-0.1, -0.05) is 33.4 Å². The molecule has 2 heterocycles. The summed E-state index contributed by atoms with van der Waals surface area (Å²) >= 11 is 12.2. The minimum absolute atomic E-state index is 0.0111. The van der Waals surface area contributed by atoms with E-state index in [1.54, 1.807) is 0 Å². The molecule has 1 fully saturated rings. The van der Waals surface area contributed by atoms with Gasteiger partial charge in [0.25, 0.3) is 0 Å². The lowest BCUT2D eigenvalue weighted by atomic mass is 10.1. The molecule has 1 aliphatic heterocycles. The Kier molecular flexibility index (Phi) is 5.49. The number of phenols is 2. The van der Waals surface area contributed by atoms with Crippen molar-refractivity contribution in [2.75, 3.05) is 19.4 Å². The number of rotatable bonds is 5. The van der Waals surface area contributed by atoms with Crippen molar-refractivity contribution >= 4 is 34.6 Å². The van der Waals surface area contributed by atoms with Gasteiger partial charge in [-0.15, -0.1) is 0 Å². The van der Waals surface area contributed by atoms with Crippen LogP contribution < -0.4 is 14.7 Å². The van der Waals surface area contributed by atoms with Crippen molar-refractivity contribution in [1.29, 1.82) is 0 Å². The molecule has 1 saturated heterocycles. The number of anilines is 1. The zero-order valence-electron chi connectivity index (χ0n) is 14.1.